The Morgan fingerprint density at radius 2 is 2.31 bits per heavy atom. The molecule has 0 fully saturated rings. The van der Waals surface area contributed by atoms with Gasteiger partial charge in [-0.1, -0.05) is 0 Å². The molecule has 0 bridgehead atoms. The van der Waals surface area contributed by atoms with Crippen molar-refractivity contribution in [2.75, 3.05) is 27.2 Å². The third kappa shape index (κ3) is 3.29. The summed E-state index contributed by atoms with van der Waals surface area (Å²) in [6, 6.07) is 3.40. The highest BCUT2D eigenvalue weighted by atomic mass is 16.5. The van der Waals surface area contributed by atoms with Gasteiger partial charge in [0.15, 0.2) is 5.75 Å². The highest BCUT2D eigenvalue weighted by molar-refractivity contribution is 5.15. The number of aromatic amines is 1. The van der Waals surface area contributed by atoms with Gasteiger partial charge in [0, 0.05) is 12.7 Å². The first kappa shape index (κ1) is 9.80. The maximum Gasteiger partial charge on any atom is 0.290 e. The Kier molecular flexibility index (Phi) is 3.52. The van der Waals surface area contributed by atoms with Crippen molar-refractivity contribution in [2.45, 2.75) is 0 Å². The van der Waals surface area contributed by atoms with Crippen LogP contribution in [0.1, 0.15) is 0 Å². The van der Waals surface area contributed by atoms with Crippen LogP contribution in [0.3, 0.4) is 0 Å². The van der Waals surface area contributed by atoms with Crippen LogP contribution in [-0.4, -0.2) is 37.1 Å². The molecule has 1 rings (SSSR count). The minimum Gasteiger partial charge on any atom is -0.487 e. The number of pyridine rings is 1. The molecule has 0 spiro atoms. The number of nitrogens with zero attached hydrogens (tertiary/aromatic N) is 1. The minimum atomic E-state index is -0.179. The third-order valence-electron chi connectivity index (χ3n) is 1.58. The van der Waals surface area contributed by atoms with E-state index in [2.05, 4.69) is 4.98 Å². The molecular formula is C9H14N2O2. The molecule has 1 N–H and O–H groups in total. The molecule has 0 unspecified atom stereocenters. The monoisotopic (exact) mass is 182 g/mol. The lowest BCUT2D eigenvalue weighted by Gasteiger charge is -2.09. The van der Waals surface area contributed by atoms with Crippen molar-refractivity contribution in [1.82, 2.24) is 9.88 Å². The minimum absolute atomic E-state index is 0.179. The van der Waals surface area contributed by atoms with Gasteiger partial charge in [-0.15, -0.1) is 0 Å². The molecular weight excluding hydrogens is 168 g/mol. The summed E-state index contributed by atoms with van der Waals surface area (Å²) < 4.78 is 5.26. The summed E-state index contributed by atoms with van der Waals surface area (Å²) in [6.45, 7) is 1.33. The van der Waals surface area contributed by atoms with Crippen LogP contribution < -0.4 is 10.3 Å². The molecule has 0 atom stereocenters. The summed E-state index contributed by atoms with van der Waals surface area (Å²) in [5.41, 5.74) is -0.179. The average Bonchev–Trinajstić information content (AvgIpc) is 2.08. The van der Waals surface area contributed by atoms with Crippen molar-refractivity contribution < 1.29 is 4.74 Å². The van der Waals surface area contributed by atoms with E-state index in [9.17, 15) is 4.79 Å². The van der Waals surface area contributed by atoms with Gasteiger partial charge in [0.25, 0.3) is 5.56 Å². The summed E-state index contributed by atoms with van der Waals surface area (Å²) in [6.07, 6.45) is 1.58. The van der Waals surface area contributed by atoms with Crippen molar-refractivity contribution in [1.29, 1.82) is 0 Å². The fourth-order valence-electron chi connectivity index (χ4n) is 0.858. The molecule has 0 radical (unpaired) electrons. The Bertz CT molecular complexity index is 306. The Morgan fingerprint density at radius 1 is 1.54 bits per heavy atom. The van der Waals surface area contributed by atoms with Gasteiger partial charge in [0.1, 0.15) is 6.61 Å². The van der Waals surface area contributed by atoms with E-state index in [1.807, 2.05) is 19.0 Å². The number of hydrogen-bond donors (Lipinski definition) is 1. The number of H-pyrrole nitrogens is 1. The number of hydrogen-bond acceptors (Lipinski definition) is 3. The highest BCUT2D eigenvalue weighted by Crippen LogP contribution is 1.98. The predicted octanol–water partition coefficient (Wildman–Crippen LogP) is 0.315. The molecule has 0 amide bonds. The fraction of sp³-hybridized carbons (Fsp3) is 0.444. The summed E-state index contributed by atoms with van der Waals surface area (Å²) in [5, 5.41) is 0. The molecule has 0 saturated heterocycles. The topological polar surface area (TPSA) is 45.3 Å². The van der Waals surface area contributed by atoms with E-state index in [-0.39, 0.29) is 5.56 Å². The normalized spacial score (nSPS) is 10.4. The summed E-state index contributed by atoms with van der Waals surface area (Å²) in [5.74, 6) is 0.379. The Hall–Kier alpha value is -1.29. The second-order valence-electron chi connectivity index (χ2n) is 3.02. The maximum absolute atomic E-state index is 11.1. The Balaban J connectivity index is 2.46. The molecule has 0 aliphatic carbocycles. The highest BCUT2D eigenvalue weighted by Gasteiger charge is 1.97. The van der Waals surface area contributed by atoms with E-state index >= 15 is 0 Å². The number of likely N-dealkylation sites (N-methyl/N-ethyl adjacent to an activating group) is 1. The number of rotatable bonds is 4. The van der Waals surface area contributed by atoms with Crippen LogP contribution in [0.2, 0.25) is 0 Å². The fourth-order valence-corrected chi connectivity index (χ4v) is 0.858. The van der Waals surface area contributed by atoms with Gasteiger partial charge < -0.3 is 14.6 Å². The molecule has 1 aromatic heterocycles. The van der Waals surface area contributed by atoms with Crippen LogP contribution in [0.15, 0.2) is 23.1 Å². The first-order valence-electron chi connectivity index (χ1n) is 4.15. The summed E-state index contributed by atoms with van der Waals surface area (Å²) in [4.78, 5) is 15.6. The van der Waals surface area contributed by atoms with E-state index in [1.54, 1.807) is 18.3 Å². The molecule has 1 aromatic rings. The molecule has 0 aromatic carbocycles. The SMILES string of the molecule is CN(C)CCOc1ccc[nH]c1=O. The van der Waals surface area contributed by atoms with Crippen molar-refractivity contribution in [2.24, 2.45) is 0 Å². The molecule has 0 saturated carbocycles. The molecule has 0 aliphatic rings. The third-order valence-corrected chi connectivity index (χ3v) is 1.58. The van der Waals surface area contributed by atoms with Crippen LogP contribution in [0.4, 0.5) is 0 Å². The molecule has 13 heavy (non-hydrogen) atoms. The molecule has 4 heteroatoms. The maximum atomic E-state index is 11.1. The van der Waals surface area contributed by atoms with Crippen LogP contribution in [0, 0.1) is 0 Å². The quantitative estimate of drug-likeness (QED) is 0.729. The molecule has 0 aliphatic heterocycles. The van der Waals surface area contributed by atoms with Gasteiger partial charge >= 0.3 is 0 Å². The smallest absolute Gasteiger partial charge is 0.290 e. The zero-order chi connectivity index (χ0) is 9.68. The lowest BCUT2D eigenvalue weighted by Crippen LogP contribution is -2.21. The number of nitrogens with one attached hydrogen (secondary N) is 1. The molecule has 72 valence electrons. The lowest BCUT2D eigenvalue weighted by atomic mass is 10.4. The first-order valence-corrected chi connectivity index (χ1v) is 4.15. The van der Waals surface area contributed by atoms with Gasteiger partial charge in [-0.25, -0.2) is 0 Å². The average molecular weight is 182 g/mol. The van der Waals surface area contributed by atoms with E-state index in [4.69, 9.17) is 4.74 Å². The van der Waals surface area contributed by atoms with Crippen molar-refractivity contribution in [3.8, 4) is 5.75 Å². The first-order chi connectivity index (χ1) is 6.20. The van der Waals surface area contributed by atoms with Gasteiger partial charge in [-0.3, -0.25) is 4.79 Å². The molecule has 1 heterocycles. The lowest BCUT2D eigenvalue weighted by molar-refractivity contribution is 0.258. The van der Waals surface area contributed by atoms with Gasteiger partial charge in [-0.05, 0) is 26.2 Å². The van der Waals surface area contributed by atoms with E-state index < -0.39 is 0 Å². The Labute approximate surface area is 77.1 Å². The number of ether oxygens (including phenoxy) is 1. The van der Waals surface area contributed by atoms with E-state index in [1.165, 1.54) is 0 Å². The van der Waals surface area contributed by atoms with Gasteiger partial charge in [0.05, 0.1) is 0 Å². The van der Waals surface area contributed by atoms with Crippen LogP contribution >= 0.6 is 0 Å². The Morgan fingerprint density at radius 3 is 2.92 bits per heavy atom. The second-order valence-corrected chi connectivity index (χ2v) is 3.02. The second kappa shape index (κ2) is 4.67. The predicted molar refractivity (Wildman–Crippen MR) is 51.1 cm³/mol. The summed E-state index contributed by atoms with van der Waals surface area (Å²) >= 11 is 0. The van der Waals surface area contributed by atoms with Gasteiger partial charge in [-0.2, -0.15) is 0 Å². The number of aromatic nitrogens is 1. The van der Waals surface area contributed by atoms with Crippen molar-refractivity contribution >= 4 is 0 Å². The zero-order valence-electron chi connectivity index (χ0n) is 7.91. The van der Waals surface area contributed by atoms with Crippen molar-refractivity contribution in [3.63, 3.8) is 0 Å². The molecule has 4 nitrogen and oxygen atoms in total. The zero-order valence-corrected chi connectivity index (χ0v) is 7.91. The summed E-state index contributed by atoms with van der Waals surface area (Å²) in [7, 11) is 3.91. The van der Waals surface area contributed by atoms with E-state index in [0.717, 1.165) is 6.54 Å². The van der Waals surface area contributed by atoms with Gasteiger partial charge in [0.2, 0.25) is 0 Å². The van der Waals surface area contributed by atoms with E-state index in [0.29, 0.717) is 12.4 Å². The van der Waals surface area contributed by atoms with Crippen LogP contribution in [-0.2, 0) is 0 Å². The van der Waals surface area contributed by atoms with Crippen LogP contribution in [0.5, 0.6) is 5.75 Å². The van der Waals surface area contributed by atoms with Crippen molar-refractivity contribution in [3.05, 3.63) is 28.7 Å². The standard InChI is InChI=1S/C9H14N2O2/c1-11(2)6-7-13-8-4-3-5-10-9(8)12/h3-5H,6-7H2,1-2H3,(H,10,12). The van der Waals surface area contributed by atoms with Crippen LogP contribution in [0.25, 0.3) is 0 Å². The largest absolute Gasteiger partial charge is 0.487 e.